The normalized spacial score (nSPS) is 14.1. The quantitative estimate of drug-likeness (QED) is 0.885. The van der Waals surface area contributed by atoms with E-state index in [1.165, 1.54) is 0 Å². The summed E-state index contributed by atoms with van der Waals surface area (Å²) in [6, 6.07) is 9.65. The van der Waals surface area contributed by atoms with Crippen LogP contribution in [-0.2, 0) is 4.74 Å². The topological polar surface area (TPSA) is 48.4 Å². The molecule has 0 radical (unpaired) electrons. The molecule has 0 amide bonds. The fraction of sp³-hybridized carbons (Fsp3) is 0.429. The minimum absolute atomic E-state index is 0.177. The van der Waals surface area contributed by atoms with E-state index in [1.54, 1.807) is 0 Å². The standard InChI is InChI=1S/C14H19NO2/c1-14(2,3)16-9-11(15)13-8-10-6-4-5-7-12(10)17-13/h4-8,11H,9,15H2,1-3H3. The van der Waals surface area contributed by atoms with Gasteiger partial charge in [-0.25, -0.2) is 0 Å². The van der Waals surface area contributed by atoms with Crippen LogP contribution in [0, 0.1) is 0 Å². The highest BCUT2D eigenvalue weighted by molar-refractivity contribution is 5.77. The molecule has 1 aromatic carbocycles. The lowest BCUT2D eigenvalue weighted by Crippen LogP contribution is -2.26. The van der Waals surface area contributed by atoms with E-state index in [4.69, 9.17) is 14.9 Å². The summed E-state index contributed by atoms with van der Waals surface area (Å²) in [7, 11) is 0. The molecule has 0 aliphatic carbocycles. The Morgan fingerprint density at radius 1 is 1.29 bits per heavy atom. The van der Waals surface area contributed by atoms with Crippen LogP contribution in [-0.4, -0.2) is 12.2 Å². The molecular weight excluding hydrogens is 214 g/mol. The SMILES string of the molecule is CC(C)(C)OCC(N)c1cc2ccccc2o1. The maximum Gasteiger partial charge on any atom is 0.134 e. The van der Waals surface area contributed by atoms with Crippen molar-refractivity contribution in [3.63, 3.8) is 0 Å². The predicted octanol–water partition coefficient (Wildman–Crippen LogP) is 3.25. The maximum atomic E-state index is 6.05. The van der Waals surface area contributed by atoms with Crippen molar-refractivity contribution in [3.05, 3.63) is 36.1 Å². The number of fused-ring (bicyclic) bond motifs is 1. The van der Waals surface area contributed by atoms with Crippen LogP contribution in [0.25, 0.3) is 11.0 Å². The number of rotatable bonds is 3. The van der Waals surface area contributed by atoms with Crippen LogP contribution in [0.4, 0.5) is 0 Å². The fourth-order valence-corrected chi connectivity index (χ4v) is 1.61. The Kier molecular flexibility index (Phi) is 3.22. The van der Waals surface area contributed by atoms with E-state index in [0.29, 0.717) is 6.61 Å². The van der Waals surface area contributed by atoms with Gasteiger partial charge in [-0.3, -0.25) is 0 Å². The summed E-state index contributed by atoms with van der Waals surface area (Å²) in [6.45, 7) is 6.50. The number of furan rings is 1. The molecule has 1 atom stereocenters. The predicted molar refractivity (Wildman–Crippen MR) is 68.8 cm³/mol. The van der Waals surface area contributed by atoms with E-state index in [1.807, 2.05) is 51.1 Å². The van der Waals surface area contributed by atoms with Gasteiger partial charge >= 0.3 is 0 Å². The molecule has 2 aromatic rings. The number of para-hydroxylation sites is 1. The Labute approximate surface area is 102 Å². The number of hydrogen-bond acceptors (Lipinski definition) is 3. The minimum atomic E-state index is -0.221. The molecular formula is C14H19NO2. The molecule has 0 bridgehead atoms. The van der Waals surface area contributed by atoms with Crippen molar-refractivity contribution < 1.29 is 9.15 Å². The van der Waals surface area contributed by atoms with E-state index in [0.717, 1.165) is 16.7 Å². The molecule has 17 heavy (non-hydrogen) atoms. The van der Waals surface area contributed by atoms with Gasteiger partial charge in [0.05, 0.1) is 18.2 Å². The minimum Gasteiger partial charge on any atom is -0.459 e. The summed E-state index contributed by atoms with van der Waals surface area (Å²) in [5.74, 6) is 0.774. The lowest BCUT2D eigenvalue weighted by Gasteiger charge is -2.21. The van der Waals surface area contributed by atoms with Crippen LogP contribution >= 0.6 is 0 Å². The first-order chi connectivity index (χ1) is 7.96. The second-order valence-electron chi connectivity index (χ2n) is 5.22. The average Bonchev–Trinajstić information content (AvgIpc) is 2.68. The Morgan fingerprint density at radius 3 is 2.65 bits per heavy atom. The van der Waals surface area contributed by atoms with Crippen molar-refractivity contribution in [1.29, 1.82) is 0 Å². The third-order valence-electron chi connectivity index (χ3n) is 2.51. The third kappa shape index (κ3) is 3.08. The van der Waals surface area contributed by atoms with Crippen LogP contribution in [0.15, 0.2) is 34.7 Å². The van der Waals surface area contributed by atoms with Gasteiger partial charge in [0, 0.05) is 5.39 Å². The number of hydrogen-bond donors (Lipinski definition) is 1. The molecule has 0 saturated carbocycles. The first-order valence-electron chi connectivity index (χ1n) is 5.84. The highest BCUT2D eigenvalue weighted by Crippen LogP contribution is 2.23. The van der Waals surface area contributed by atoms with Crippen molar-refractivity contribution in [3.8, 4) is 0 Å². The van der Waals surface area contributed by atoms with Gasteiger partial charge in [-0.2, -0.15) is 0 Å². The van der Waals surface area contributed by atoms with Gasteiger partial charge < -0.3 is 14.9 Å². The Hall–Kier alpha value is -1.32. The number of nitrogens with two attached hydrogens (primary N) is 1. The van der Waals surface area contributed by atoms with Crippen molar-refractivity contribution in [2.75, 3.05) is 6.61 Å². The van der Waals surface area contributed by atoms with Crippen LogP contribution in [0.5, 0.6) is 0 Å². The van der Waals surface area contributed by atoms with Crippen LogP contribution in [0.2, 0.25) is 0 Å². The molecule has 0 aliphatic heterocycles. The van der Waals surface area contributed by atoms with Gasteiger partial charge in [0.1, 0.15) is 11.3 Å². The zero-order valence-electron chi connectivity index (χ0n) is 10.6. The summed E-state index contributed by atoms with van der Waals surface area (Å²) in [5, 5.41) is 1.08. The van der Waals surface area contributed by atoms with Gasteiger partial charge in [0.25, 0.3) is 0 Å². The summed E-state index contributed by atoms with van der Waals surface area (Å²) in [6.07, 6.45) is 0. The summed E-state index contributed by atoms with van der Waals surface area (Å²) in [4.78, 5) is 0. The van der Waals surface area contributed by atoms with Crippen LogP contribution in [0.1, 0.15) is 32.6 Å². The van der Waals surface area contributed by atoms with Gasteiger partial charge in [-0.15, -0.1) is 0 Å². The zero-order valence-corrected chi connectivity index (χ0v) is 10.6. The monoisotopic (exact) mass is 233 g/mol. The van der Waals surface area contributed by atoms with Gasteiger partial charge in [-0.1, -0.05) is 18.2 Å². The van der Waals surface area contributed by atoms with E-state index >= 15 is 0 Å². The van der Waals surface area contributed by atoms with Crippen LogP contribution in [0.3, 0.4) is 0 Å². The number of benzene rings is 1. The smallest absolute Gasteiger partial charge is 0.134 e. The summed E-state index contributed by atoms with van der Waals surface area (Å²) >= 11 is 0. The first kappa shape index (κ1) is 12.1. The Bertz CT molecular complexity index is 463. The fourth-order valence-electron chi connectivity index (χ4n) is 1.61. The Morgan fingerprint density at radius 2 is 2.00 bits per heavy atom. The van der Waals surface area contributed by atoms with Gasteiger partial charge in [0.15, 0.2) is 0 Å². The second kappa shape index (κ2) is 4.51. The zero-order chi connectivity index (χ0) is 12.5. The molecule has 92 valence electrons. The molecule has 1 aromatic heterocycles. The highest BCUT2D eigenvalue weighted by Gasteiger charge is 2.16. The van der Waals surface area contributed by atoms with E-state index in [9.17, 15) is 0 Å². The van der Waals surface area contributed by atoms with Crippen molar-refractivity contribution in [1.82, 2.24) is 0 Å². The molecule has 1 unspecified atom stereocenters. The second-order valence-corrected chi connectivity index (χ2v) is 5.22. The molecule has 0 saturated heterocycles. The Balaban J connectivity index is 2.11. The van der Waals surface area contributed by atoms with E-state index in [-0.39, 0.29) is 11.6 Å². The molecule has 0 aliphatic rings. The van der Waals surface area contributed by atoms with E-state index in [2.05, 4.69) is 0 Å². The summed E-state index contributed by atoms with van der Waals surface area (Å²) < 4.78 is 11.3. The molecule has 2 N–H and O–H groups in total. The molecule has 3 nitrogen and oxygen atoms in total. The van der Waals surface area contributed by atoms with Gasteiger partial charge in [-0.05, 0) is 32.9 Å². The lowest BCUT2D eigenvalue weighted by atomic mass is 10.2. The highest BCUT2D eigenvalue weighted by atomic mass is 16.5. The molecule has 2 rings (SSSR count). The largest absolute Gasteiger partial charge is 0.459 e. The van der Waals surface area contributed by atoms with Crippen molar-refractivity contribution in [2.45, 2.75) is 32.4 Å². The third-order valence-corrected chi connectivity index (χ3v) is 2.51. The lowest BCUT2D eigenvalue weighted by molar-refractivity contribution is -0.0122. The van der Waals surface area contributed by atoms with Crippen molar-refractivity contribution >= 4 is 11.0 Å². The molecule has 0 spiro atoms. The number of ether oxygens (including phenoxy) is 1. The maximum absolute atomic E-state index is 6.05. The first-order valence-corrected chi connectivity index (χ1v) is 5.84. The van der Waals surface area contributed by atoms with Gasteiger partial charge in [0.2, 0.25) is 0 Å². The molecule has 3 heteroatoms. The average molecular weight is 233 g/mol. The van der Waals surface area contributed by atoms with Crippen LogP contribution < -0.4 is 5.73 Å². The van der Waals surface area contributed by atoms with Crippen molar-refractivity contribution in [2.24, 2.45) is 5.73 Å². The molecule has 0 fully saturated rings. The van der Waals surface area contributed by atoms with E-state index < -0.39 is 0 Å². The molecule has 1 heterocycles. The summed E-state index contributed by atoms with van der Waals surface area (Å²) in [5.41, 5.74) is 6.74.